The minimum Gasteiger partial charge on any atom is -0.396 e. The summed E-state index contributed by atoms with van der Waals surface area (Å²) in [5.74, 6) is -0.433. The molecule has 1 atom stereocenters. The Balaban J connectivity index is 1.71. The van der Waals surface area contributed by atoms with Crippen molar-refractivity contribution in [3.63, 3.8) is 0 Å². The number of carbonyl (C=O) groups is 1. The molecule has 7 nitrogen and oxygen atoms in total. The topological polar surface area (TPSA) is 117 Å². The smallest absolute Gasteiger partial charge is 0.396 e. The molecule has 0 aromatic carbocycles. The highest BCUT2D eigenvalue weighted by atomic mass is 32.1. The quantitative estimate of drug-likeness (QED) is 0.464. The lowest BCUT2D eigenvalue weighted by Crippen LogP contribution is -2.33. The standard InChI is InChI=1S/C18H18F3N5O2S/c19-18(20,21)10-1-2-12(23-8-10)13-3-4-14(25-13)16(28)26-15(7-22)17-24-11(5-6-27)9-29-17/h1-4,8-9,15,25,27H,5-7,22H2,(H,26,28)/t15-/m1/s1. The second-order valence-electron chi connectivity index (χ2n) is 6.13. The van der Waals surface area contributed by atoms with Crippen molar-refractivity contribution in [2.24, 2.45) is 5.73 Å². The molecule has 3 aromatic heterocycles. The van der Waals surface area contributed by atoms with Crippen molar-refractivity contribution < 1.29 is 23.1 Å². The lowest BCUT2D eigenvalue weighted by molar-refractivity contribution is -0.137. The summed E-state index contributed by atoms with van der Waals surface area (Å²) in [5.41, 5.74) is 6.53. The van der Waals surface area contributed by atoms with Gasteiger partial charge in [-0.3, -0.25) is 9.78 Å². The average Bonchev–Trinajstić information content (AvgIpc) is 3.36. The number of amides is 1. The van der Waals surface area contributed by atoms with Gasteiger partial charge in [-0.25, -0.2) is 4.98 Å². The molecular weight excluding hydrogens is 407 g/mol. The first kappa shape index (κ1) is 21.0. The minimum absolute atomic E-state index is 0.0218. The van der Waals surface area contributed by atoms with Crippen LogP contribution < -0.4 is 11.1 Å². The second-order valence-corrected chi connectivity index (χ2v) is 7.02. The molecule has 1 amide bonds. The van der Waals surface area contributed by atoms with E-state index in [1.54, 1.807) is 11.4 Å². The Labute approximate surface area is 167 Å². The van der Waals surface area contributed by atoms with E-state index in [-0.39, 0.29) is 24.5 Å². The van der Waals surface area contributed by atoms with E-state index in [9.17, 15) is 18.0 Å². The van der Waals surface area contributed by atoms with E-state index >= 15 is 0 Å². The number of aromatic nitrogens is 3. The van der Waals surface area contributed by atoms with Crippen LogP contribution in [0.15, 0.2) is 35.8 Å². The molecule has 3 aromatic rings. The number of nitrogens with zero attached hydrogens (tertiary/aromatic N) is 2. The van der Waals surface area contributed by atoms with Gasteiger partial charge in [-0.15, -0.1) is 11.3 Å². The number of H-pyrrole nitrogens is 1. The van der Waals surface area contributed by atoms with Crippen LogP contribution in [0.25, 0.3) is 11.4 Å². The molecule has 0 fully saturated rings. The summed E-state index contributed by atoms with van der Waals surface area (Å²) in [5, 5.41) is 14.2. The number of rotatable bonds is 7. The summed E-state index contributed by atoms with van der Waals surface area (Å²) in [4.78, 5) is 23.5. The SMILES string of the molecule is NC[C@@H](NC(=O)c1ccc(-c2ccc(C(F)(F)F)cn2)[nH]1)c1nc(CCO)cs1. The van der Waals surface area contributed by atoms with Crippen LogP contribution in [-0.4, -0.2) is 39.1 Å². The van der Waals surface area contributed by atoms with Gasteiger partial charge in [0.05, 0.1) is 28.7 Å². The molecule has 5 N–H and O–H groups in total. The molecule has 3 rings (SSSR count). The highest BCUT2D eigenvalue weighted by Gasteiger charge is 2.30. The molecule has 0 aliphatic carbocycles. The zero-order chi connectivity index (χ0) is 21.0. The number of carbonyl (C=O) groups excluding carboxylic acids is 1. The monoisotopic (exact) mass is 425 g/mol. The van der Waals surface area contributed by atoms with Crippen molar-refractivity contribution in [3.05, 3.63) is 57.8 Å². The third-order valence-corrected chi connectivity index (χ3v) is 5.08. The lowest BCUT2D eigenvalue weighted by atomic mass is 10.2. The maximum Gasteiger partial charge on any atom is 0.417 e. The molecule has 0 unspecified atom stereocenters. The van der Waals surface area contributed by atoms with Crippen LogP contribution in [0.1, 0.15) is 32.8 Å². The summed E-state index contributed by atoms with van der Waals surface area (Å²) in [6.45, 7) is 0.109. The molecule has 29 heavy (non-hydrogen) atoms. The predicted molar refractivity (Wildman–Crippen MR) is 101 cm³/mol. The number of aromatic amines is 1. The Morgan fingerprint density at radius 1 is 1.31 bits per heavy atom. The van der Waals surface area contributed by atoms with Gasteiger partial charge in [-0.1, -0.05) is 0 Å². The van der Waals surface area contributed by atoms with Crippen LogP contribution in [0.5, 0.6) is 0 Å². The second kappa shape index (κ2) is 8.72. The number of hydrogen-bond donors (Lipinski definition) is 4. The van der Waals surface area contributed by atoms with Crippen LogP contribution in [0.2, 0.25) is 0 Å². The Morgan fingerprint density at radius 3 is 2.72 bits per heavy atom. The maximum absolute atomic E-state index is 12.6. The first-order valence-electron chi connectivity index (χ1n) is 8.60. The molecule has 11 heteroatoms. The van der Waals surface area contributed by atoms with Crippen molar-refractivity contribution in [2.45, 2.75) is 18.6 Å². The molecule has 3 heterocycles. The van der Waals surface area contributed by atoms with Crippen molar-refractivity contribution in [1.29, 1.82) is 0 Å². The molecule has 154 valence electrons. The number of nitrogens with one attached hydrogen (secondary N) is 2. The van der Waals surface area contributed by atoms with E-state index in [1.165, 1.54) is 23.5 Å². The van der Waals surface area contributed by atoms with Crippen LogP contribution in [0.4, 0.5) is 13.2 Å². The highest BCUT2D eigenvalue weighted by molar-refractivity contribution is 7.09. The molecular formula is C18H18F3N5O2S. The fourth-order valence-electron chi connectivity index (χ4n) is 2.57. The Bertz CT molecular complexity index is 969. The Morgan fingerprint density at radius 2 is 2.10 bits per heavy atom. The average molecular weight is 425 g/mol. The van der Waals surface area contributed by atoms with Crippen molar-refractivity contribution >= 4 is 17.2 Å². The number of alkyl halides is 3. The van der Waals surface area contributed by atoms with Gasteiger partial charge < -0.3 is 21.1 Å². The molecule has 0 spiro atoms. The summed E-state index contributed by atoms with van der Waals surface area (Å²) in [7, 11) is 0. The number of nitrogens with two attached hydrogens (primary N) is 1. The maximum atomic E-state index is 12.6. The van der Waals surface area contributed by atoms with E-state index < -0.39 is 23.7 Å². The molecule has 0 saturated heterocycles. The van der Waals surface area contributed by atoms with Gasteiger partial charge in [-0.2, -0.15) is 13.2 Å². The normalized spacial score (nSPS) is 12.7. The molecule has 0 saturated carbocycles. The number of hydrogen-bond acceptors (Lipinski definition) is 6. The fourth-order valence-corrected chi connectivity index (χ4v) is 3.48. The Kier molecular flexibility index (Phi) is 6.30. The number of aliphatic hydroxyl groups excluding tert-OH is 1. The number of aliphatic hydroxyl groups is 1. The zero-order valence-corrected chi connectivity index (χ0v) is 15.8. The van der Waals surface area contributed by atoms with Gasteiger partial charge in [0.15, 0.2) is 0 Å². The molecule has 0 bridgehead atoms. The fraction of sp³-hybridized carbons (Fsp3) is 0.278. The minimum atomic E-state index is -4.46. The summed E-state index contributed by atoms with van der Waals surface area (Å²) < 4.78 is 37.9. The van der Waals surface area contributed by atoms with Crippen LogP contribution in [0, 0.1) is 0 Å². The van der Waals surface area contributed by atoms with Crippen LogP contribution in [-0.2, 0) is 12.6 Å². The number of halogens is 3. The predicted octanol–water partition coefficient (Wildman–Crippen LogP) is 2.52. The molecule has 0 aliphatic rings. The molecule has 0 radical (unpaired) electrons. The van der Waals surface area contributed by atoms with Gasteiger partial charge in [0, 0.05) is 31.1 Å². The first-order chi connectivity index (χ1) is 13.8. The lowest BCUT2D eigenvalue weighted by Gasteiger charge is -2.13. The van der Waals surface area contributed by atoms with E-state index in [0.717, 1.165) is 18.0 Å². The number of thiazole rings is 1. The third-order valence-electron chi connectivity index (χ3n) is 4.07. The van der Waals surface area contributed by atoms with E-state index in [2.05, 4.69) is 20.3 Å². The highest BCUT2D eigenvalue weighted by Crippen LogP contribution is 2.29. The Hall–Kier alpha value is -2.76. The van der Waals surface area contributed by atoms with Crippen molar-refractivity contribution in [2.75, 3.05) is 13.2 Å². The van der Waals surface area contributed by atoms with E-state index in [0.29, 0.717) is 17.1 Å². The third kappa shape index (κ3) is 5.00. The first-order valence-corrected chi connectivity index (χ1v) is 9.48. The van der Waals surface area contributed by atoms with Crippen molar-refractivity contribution in [1.82, 2.24) is 20.3 Å². The van der Waals surface area contributed by atoms with E-state index in [1.807, 2.05) is 0 Å². The van der Waals surface area contributed by atoms with Crippen LogP contribution in [0.3, 0.4) is 0 Å². The van der Waals surface area contributed by atoms with E-state index in [4.69, 9.17) is 10.8 Å². The van der Waals surface area contributed by atoms with Crippen molar-refractivity contribution in [3.8, 4) is 11.4 Å². The zero-order valence-electron chi connectivity index (χ0n) is 15.0. The van der Waals surface area contributed by atoms with Crippen LogP contribution >= 0.6 is 11.3 Å². The summed E-state index contributed by atoms with van der Waals surface area (Å²) >= 11 is 1.34. The largest absolute Gasteiger partial charge is 0.417 e. The number of pyridine rings is 1. The van der Waals surface area contributed by atoms with Gasteiger partial charge in [0.2, 0.25) is 0 Å². The van der Waals surface area contributed by atoms with Gasteiger partial charge in [0.25, 0.3) is 5.91 Å². The van der Waals surface area contributed by atoms with Gasteiger partial charge in [0.1, 0.15) is 10.7 Å². The van der Waals surface area contributed by atoms with Gasteiger partial charge in [-0.05, 0) is 24.3 Å². The summed E-state index contributed by atoms with van der Waals surface area (Å²) in [6.07, 6.45) is -3.30. The molecule has 0 aliphatic heterocycles. The van der Waals surface area contributed by atoms with Gasteiger partial charge >= 0.3 is 6.18 Å². The summed E-state index contributed by atoms with van der Waals surface area (Å²) in [6, 6.07) is 4.73.